The highest BCUT2D eigenvalue weighted by Crippen LogP contribution is 2.30. The third-order valence-corrected chi connectivity index (χ3v) is 5.28. The number of rotatable bonds is 7. The lowest BCUT2D eigenvalue weighted by Crippen LogP contribution is -2.26. The number of hydrogen-bond acceptors (Lipinski definition) is 4. The van der Waals surface area contributed by atoms with Gasteiger partial charge in [0.25, 0.3) is 0 Å². The van der Waals surface area contributed by atoms with Crippen LogP contribution >= 0.6 is 12.4 Å². The highest BCUT2D eigenvalue weighted by molar-refractivity contribution is 5.85. The van der Waals surface area contributed by atoms with Crippen molar-refractivity contribution in [3.8, 4) is 0 Å². The number of nitrogens with one attached hydrogen (secondary N) is 1. The van der Waals surface area contributed by atoms with Crippen molar-refractivity contribution in [2.75, 3.05) is 32.2 Å². The zero-order chi connectivity index (χ0) is 17.9. The fourth-order valence-electron chi connectivity index (χ4n) is 3.57. The number of benzene rings is 1. The van der Waals surface area contributed by atoms with Crippen molar-refractivity contribution in [3.05, 3.63) is 24.0 Å². The lowest BCUT2D eigenvalue weighted by Gasteiger charge is -2.26. The summed E-state index contributed by atoms with van der Waals surface area (Å²) in [6, 6.07) is 6.46. The fourth-order valence-corrected chi connectivity index (χ4v) is 3.57. The molecule has 6 heteroatoms. The van der Waals surface area contributed by atoms with Gasteiger partial charge >= 0.3 is 0 Å². The molecular formula is C20H32ClN3O2. The van der Waals surface area contributed by atoms with Crippen LogP contribution in [0.1, 0.15) is 45.9 Å². The number of fused-ring (bicyclic) bond motifs is 1. The fraction of sp³-hybridized carbons (Fsp3) is 0.650. The molecule has 1 aliphatic rings. The number of anilines is 1. The van der Waals surface area contributed by atoms with Crippen molar-refractivity contribution in [3.63, 3.8) is 0 Å². The average Bonchev–Trinajstić information content (AvgIpc) is 3.00. The van der Waals surface area contributed by atoms with Crippen LogP contribution in [-0.2, 0) is 21.6 Å². The van der Waals surface area contributed by atoms with Crippen LogP contribution < -0.4 is 5.32 Å². The van der Waals surface area contributed by atoms with Crippen LogP contribution in [0, 0.1) is 5.92 Å². The van der Waals surface area contributed by atoms with E-state index in [9.17, 15) is 0 Å². The van der Waals surface area contributed by atoms with Gasteiger partial charge in [-0.1, -0.05) is 0 Å². The standard InChI is InChI=1S/C20H31N3O2.ClH/c1-5-21-16-6-7-18-17(14-16)22-19(20(2,3)24-4)23(18)11-8-15-9-12-25-13-10-15;/h6-7,14-15,21H,5,8-13H2,1-4H3;1H. The van der Waals surface area contributed by atoms with E-state index in [0.29, 0.717) is 0 Å². The molecule has 3 rings (SSSR count). The van der Waals surface area contributed by atoms with Gasteiger partial charge < -0.3 is 19.4 Å². The molecule has 2 aromatic rings. The molecule has 2 heterocycles. The summed E-state index contributed by atoms with van der Waals surface area (Å²) < 4.78 is 13.6. The smallest absolute Gasteiger partial charge is 0.141 e. The first-order valence-corrected chi connectivity index (χ1v) is 9.42. The Bertz CT molecular complexity index is 708. The zero-order valence-electron chi connectivity index (χ0n) is 16.4. The molecule has 0 unspecified atom stereocenters. The van der Waals surface area contributed by atoms with E-state index in [1.165, 1.54) is 18.4 Å². The summed E-state index contributed by atoms with van der Waals surface area (Å²) in [5.74, 6) is 1.75. The van der Waals surface area contributed by atoms with Gasteiger partial charge in [-0.15, -0.1) is 12.4 Å². The van der Waals surface area contributed by atoms with E-state index in [0.717, 1.165) is 55.7 Å². The van der Waals surface area contributed by atoms with Crippen molar-refractivity contribution < 1.29 is 9.47 Å². The lowest BCUT2D eigenvalue weighted by atomic mass is 9.96. The SMILES string of the molecule is CCNc1ccc2c(c1)nc(C(C)(C)OC)n2CCC1CCOCC1.Cl. The largest absolute Gasteiger partial charge is 0.385 e. The van der Waals surface area contributed by atoms with Crippen LogP contribution in [0.5, 0.6) is 0 Å². The maximum atomic E-state index is 5.74. The van der Waals surface area contributed by atoms with Crippen LogP contribution in [0.15, 0.2) is 18.2 Å². The van der Waals surface area contributed by atoms with Gasteiger partial charge in [0.1, 0.15) is 11.4 Å². The second kappa shape index (κ2) is 9.07. The Morgan fingerprint density at radius 3 is 2.69 bits per heavy atom. The lowest BCUT2D eigenvalue weighted by molar-refractivity contribution is 0.00829. The minimum absolute atomic E-state index is 0. The molecule has 0 saturated carbocycles. The third-order valence-electron chi connectivity index (χ3n) is 5.28. The first-order chi connectivity index (χ1) is 12.0. The van der Waals surface area contributed by atoms with Crippen LogP contribution in [-0.4, -0.2) is 36.4 Å². The topological polar surface area (TPSA) is 48.3 Å². The van der Waals surface area contributed by atoms with E-state index in [2.05, 4.69) is 48.9 Å². The Morgan fingerprint density at radius 2 is 2.04 bits per heavy atom. The maximum absolute atomic E-state index is 5.74. The molecule has 1 aromatic carbocycles. The Hall–Kier alpha value is -1.30. The number of imidazole rings is 1. The number of methoxy groups -OCH3 is 1. The molecule has 1 saturated heterocycles. The number of ether oxygens (including phenoxy) is 2. The van der Waals surface area contributed by atoms with E-state index in [1.54, 1.807) is 7.11 Å². The maximum Gasteiger partial charge on any atom is 0.141 e. The molecule has 0 atom stereocenters. The van der Waals surface area contributed by atoms with Gasteiger partial charge in [0.2, 0.25) is 0 Å². The molecule has 5 nitrogen and oxygen atoms in total. The Labute approximate surface area is 162 Å². The molecule has 0 bridgehead atoms. The number of aromatic nitrogens is 2. The van der Waals surface area contributed by atoms with Crippen LogP contribution in [0.2, 0.25) is 0 Å². The molecule has 0 aliphatic carbocycles. The Kier molecular flexibility index (Phi) is 7.33. The van der Waals surface area contributed by atoms with Crippen molar-refractivity contribution in [2.24, 2.45) is 5.92 Å². The van der Waals surface area contributed by atoms with Crippen molar-refractivity contribution in [1.82, 2.24) is 9.55 Å². The summed E-state index contributed by atoms with van der Waals surface area (Å²) in [7, 11) is 1.76. The average molecular weight is 382 g/mol. The first-order valence-electron chi connectivity index (χ1n) is 9.42. The number of hydrogen-bond donors (Lipinski definition) is 1. The second-order valence-electron chi connectivity index (χ2n) is 7.38. The van der Waals surface area contributed by atoms with E-state index >= 15 is 0 Å². The predicted octanol–water partition coefficient (Wildman–Crippen LogP) is 4.59. The summed E-state index contributed by atoms with van der Waals surface area (Å²) in [5.41, 5.74) is 2.93. The molecule has 0 amide bonds. The van der Waals surface area contributed by atoms with Gasteiger partial charge in [0.15, 0.2) is 0 Å². The number of nitrogens with zero attached hydrogens (tertiary/aromatic N) is 2. The highest BCUT2D eigenvalue weighted by Gasteiger charge is 2.28. The van der Waals surface area contributed by atoms with E-state index in [1.807, 2.05) is 0 Å². The Morgan fingerprint density at radius 1 is 1.31 bits per heavy atom. The third kappa shape index (κ3) is 4.51. The van der Waals surface area contributed by atoms with Gasteiger partial charge in [-0.3, -0.25) is 0 Å². The quantitative estimate of drug-likeness (QED) is 0.762. The van der Waals surface area contributed by atoms with Gasteiger partial charge in [-0.25, -0.2) is 4.98 Å². The van der Waals surface area contributed by atoms with E-state index in [-0.39, 0.29) is 12.4 Å². The molecule has 1 N–H and O–H groups in total. The molecule has 1 aliphatic heterocycles. The summed E-state index contributed by atoms with van der Waals surface area (Å²) in [6.07, 6.45) is 3.50. The second-order valence-corrected chi connectivity index (χ2v) is 7.38. The number of aryl methyl sites for hydroxylation is 1. The summed E-state index contributed by atoms with van der Waals surface area (Å²) in [6.45, 7) is 9.97. The molecule has 1 fully saturated rings. The summed E-state index contributed by atoms with van der Waals surface area (Å²) in [5, 5.41) is 3.37. The van der Waals surface area contributed by atoms with Crippen LogP contribution in [0.25, 0.3) is 11.0 Å². The van der Waals surface area contributed by atoms with Crippen LogP contribution in [0.3, 0.4) is 0 Å². The van der Waals surface area contributed by atoms with E-state index in [4.69, 9.17) is 14.5 Å². The first kappa shape index (κ1) is 21.0. The molecule has 1 aromatic heterocycles. The minimum Gasteiger partial charge on any atom is -0.385 e. The zero-order valence-corrected chi connectivity index (χ0v) is 17.2. The Balaban J connectivity index is 0.00000243. The summed E-state index contributed by atoms with van der Waals surface area (Å²) in [4.78, 5) is 4.94. The molecular weight excluding hydrogens is 350 g/mol. The molecule has 146 valence electrons. The highest BCUT2D eigenvalue weighted by atomic mass is 35.5. The van der Waals surface area contributed by atoms with Crippen LogP contribution in [0.4, 0.5) is 5.69 Å². The molecule has 26 heavy (non-hydrogen) atoms. The van der Waals surface area contributed by atoms with Gasteiger partial charge in [-0.05, 0) is 64.2 Å². The van der Waals surface area contributed by atoms with Crippen molar-refractivity contribution in [1.29, 1.82) is 0 Å². The number of halogens is 1. The monoisotopic (exact) mass is 381 g/mol. The van der Waals surface area contributed by atoms with E-state index < -0.39 is 5.60 Å². The normalized spacial score (nSPS) is 15.8. The predicted molar refractivity (Wildman–Crippen MR) is 109 cm³/mol. The minimum atomic E-state index is -0.410. The molecule has 0 radical (unpaired) electrons. The molecule has 0 spiro atoms. The summed E-state index contributed by atoms with van der Waals surface area (Å²) >= 11 is 0. The van der Waals surface area contributed by atoms with Gasteiger partial charge in [-0.2, -0.15) is 0 Å². The van der Waals surface area contributed by atoms with Gasteiger partial charge in [0, 0.05) is 39.1 Å². The van der Waals surface area contributed by atoms with Crippen molar-refractivity contribution in [2.45, 2.75) is 52.2 Å². The van der Waals surface area contributed by atoms with Crippen molar-refractivity contribution >= 4 is 29.1 Å². The van der Waals surface area contributed by atoms with Gasteiger partial charge in [0.05, 0.1) is 11.0 Å².